The lowest BCUT2D eigenvalue weighted by molar-refractivity contribution is -0.140. The number of H-pyrrole nitrogens is 2. The lowest BCUT2D eigenvalue weighted by Crippen LogP contribution is -2.07. The summed E-state index contributed by atoms with van der Waals surface area (Å²) in [7, 11) is 2.79. The van der Waals surface area contributed by atoms with Crippen LogP contribution < -0.4 is 0 Å². The normalized spacial score (nSPS) is 16.5. The van der Waals surface area contributed by atoms with Gasteiger partial charge in [0.15, 0.2) is 0 Å². The third kappa shape index (κ3) is 4.95. The molecule has 5 heterocycles. The minimum Gasteiger partial charge on any atom is -0.469 e. The zero-order valence-corrected chi connectivity index (χ0v) is 25.4. The number of methoxy groups -OCH3 is 2. The Bertz CT molecular complexity index is 1810. The summed E-state index contributed by atoms with van der Waals surface area (Å²) < 4.78 is 10.1. The summed E-state index contributed by atoms with van der Waals surface area (Å²) in [6.45, 7) is 14.4. The number of fused-ring (bicyclic) bond motifs is 8. The van der Waals surface area contributed by atoms with Crippen LogP contribution >= 0.6 is 0 Å². The summed E-state index contributed by atoms with van der Waals surface area (Å²) >= 11 is 0. The fourth-order valence-electron chi connectivity index (χ4n) is 6.21. The third-order valence-corrected chi connectivity index (χ3v) is 8.76. The number of rotatable bonds is 6. The first-order valence-electron chi connectivity index (χ1n) is 14.3. The Morgan fingerprint density at radius 2 is 1.57 bits per heavy atom. The Hall–Kier alpha value is -4.46. The van der Waals surface area contributed by atoms with Crippen molar-refractivity contribution in [1.82, 2.24) is 19.9 Å². The van der Waals surface area contributed by atoms with Crippen molar-refractivity contribution in [2.75, 3.05) is 14.2 Å². The van der Waals surface area contributed by atoms with Gasteiger partial charge in [-0.05, 0) is 80.2 Å². The van der Waals surface area contributed by atoms with E-state index in [-0.39, 0.29) is 24.2 Å². The van der Waals surface area contributed by atoms with Gasteiger partial charge in [0.2, 0.25) is 0 Å². The van der Waals surface area contributed by atoms with E-state index in [1.807, 2.05) is 25.1 Å². The third-order valence-electron chi connectivity index (χ3n) is 8.76. The first-order chi connectivity index (χ1) is 20.1. The minimum atomic E-state index is -0.427. The number of allylic oxidation sites excluding steroid dienone is 2. The van der Waals surface area contributed by atoms with Gasteiger partial charge >= 0.3 is 11.9 Å². The van der Waals surface area contributed by atoms with E-state index in [1.54, 1.807) is 0 Å². The number of carbonyl (C=O) groups is 2. The number of aromatic amines is 2. The Morgan fingerprint density at radius 1 is 0.905 bits per heavy atom. The molecular weight excluding hydrogens is 528 g/mol. The molecular formula is C34H38N4O4. The fraction of sp³-hybridized carbons (Fsp3) is 0.353. The van der Waals surface area contributed by atoms with Gasteiger partial charge < -0.3 is 19.4 Å². The number of nitrogens with one attached hydrogen (secondary N) is 2. The number of nitrogens with zero attached hydrogens (tertiary/aromatic N) is 2. The molecule has 42 heavy (non-hydrogen) atoms. The van der Waals surface area contributed by atoms with Crippen molar-refractivity contribution in [2.24, 2.45) is 0 Å². The number of aromatic nitrogens is 4. The van der Waals surface area contributed by atoms with E-state index >= 15 is 0 Å². The van der Waals surface area contributed by atoms with Crippen LogP contribution in [0, 0.1) is 13.8 Å². The number of hydrogen-bond donors (Lipinski definition) is 2. The zero-order chi connectivity index (χ0) is 30.3. The predicted octanol–water partition coefficient (Wildman–Crippen LogP) is 7.54. The van der Waals surface area contributed by atoms with E-state index in [2.05, 4.69) is 56.4 Å². The van der Waals surface area contributed by atoms with Crippen molar-refractivity contribution in [3.63, 3.8) is 0 Å². The lowest BCUT2D eigenvalue weighted by atomic mass is 9.87. The quantitative estimate of drug-likeness (QED) is 0.298. The van der Waals surface area contributed by atoms with Crippen molar-refractivity contribution in [2.45, 2.75) is 65.7 Å². The average molecular weight is 567 g/mol. The van der Waals surface area contributed by atoms with Crippen molar-refractivity contribution in [3.8, 4) is 0 Å². The average Bonchev–Trinajstić information content (AvgIpc) is 3.64. The molecule has 8 heteroatoms. The Morgan fingerprint density at radius 3 is 2.24 bits per heavy atom. The lowest BCUT2D eigenvalue weighted by Gasteiger charge is -2.15. The molecule has 5 rings (SSSR count). The second kappa shape index (κ2) is 11.4. The summed E-state index contributed by atoms with van der Waals surface area (Å²) in [4.78, 5) is 42.3. The van der Waals surface area contributed by atoms with Crippen LogP contribution in [0.3, 0.4) is 0 Å². The maximum Gasteiger partial charge on any atom is 0.340 e. The van der Waals surface area contributed by atoms with E-state index < -0.39 is 5.97 Å². The molecule has 0 saturated heterocycles. The first kappa shape index (κ1) is 29.0. The smallest absolute Gasteiger partial charge is 0.340 e. The fourth-order valence-corrected chi connectivity index (χ4v) is 6.21. The van der Waals surface area contributed by atoms with Crippen LogP contribution in [-0.2, 0) is 14.3 Å². The number of esters is 2. The molecule has 2 atom stereocenters. The van der Waals surface area contributed by atoms with Crippen molar-refractivity contribution in [1.29, 1.82) is 0 Å². The first-order valence-corrected chi connectivity index (χ1v) is 14.3. The second-order valence-electron chi connectivity index (χ2n) is 11.0. The van der Waals surface area contributed by atoms with Crippen molar-refractivity contribution in [3.05, 3.63) is 75.9 Å². The summed E-state index contributed by atoms with van der Waals surface area (Å²) in [6.07, 6.45) is 3.51. The Balaban J connectivity index is 1.92. The van der Waals surface area contributed by atoms with Crippen molar-refractivity contribution >= 4 is 51.2 Å². The molecule has 0 fully saturated rings. The maximum atomic E-state index is 13.0. The molecule has 3 aromatic rings. The van der Waals surface area contributed by atoms with Crippen LogP contribution in [0.15, 0.2) is 30.8 Å². The predicted molar refractivity (Wildman–Crippen MR) is 167 cm³/mol. The van der Waals surface area contributed by atoms with Gasteiger partial charge in [-0.25, -0.2) is 9.78 Å². The molecule has 0 spiro atoms. The highest BCUT2D eigenvalue weighted by atomic mass is 16.5. The van der Waals surface area contributed by atoms with Crippen LogP contribution in [0.2, 0.25) is 0 Å². The summed E-state index contributed by atoms with van der Waals surface area (Å²) in [5, 5.41) is 0. The van der Waals surface area contributed by atoms with Crippen LogP contribution in [0.1, 0.15) is 102 Å². The molecule has 0 saturated carbocycles. The van der Waals surface area contributed by atoms with Gasteiger partial charge in [-0.3, -0.25) is 9.78 Å². The van der Waals surface area contributed by atoms with E-state index in [4.69, 9.17) is 19.4 Å². The summed E-state index contributed by atoms with van der Waals surface area (Å²) in [5.41, 5.74) is 12.3. The second-order valence-corrected chi connectivity index (χ2v) is 11.0. The number of aryl methyl sites for hydroxylation is 2. The van der Waals surface area contributed by atoms with Gasteiger partial charge in [0.05, 0.1) is 36.7 Å². The van der Waals surface area contributed by atoms with Crippen LogP contribution in [0.5, 0.6) is 0 Å². The molecule has 8 nitrogen and oxygen atoms in total. The standard InChI is InChI=1S/C34H38N4O4/c1-9-21-17(3)24-13-25-19(5)23(11-12-32(39)41-7)30(37-25)16-31-33(34(40)42-8)20(6)27(38-31)15-29-22(10-2)18(4)26(36-29)14-28(21)35-24/h9,13-16,19,23,35,38H,1,10-12H2,2-8H3/t19-,23-/m0/s1. The van der Waals surface area contributed by atoms with E-state index in [0.29, 0.717) is 17.5 Å². The summed E-state index contributed by atoms with van der Waals surface area (Å²) in [5.74, 6) is -0.722. The molecule has 0 amide bonds. The largest absolute Gasteiger partial charge is 0.469 e. The summed E-state index contributed by atoms with van der Waals surface area (Å²) in [6, 6.07) is 8.09. The molecule has 2 aliphatic heterocycles. The topological polar surface area (TPSA) is 110 Å². The van der Waals surface area contributed by atoms with Crippen LogP contribution in [0.25, 0.3) is 39.3 Å². The highest BCUT2D eigenvalue weighted by Crippen LogP contribution is 2.41. The van der Waals surface area contributed by atoms with Gasteiger partial charge in [-0.15, -0.1) is 0 Å². The van der Waals surface area contributed by atoms with Gasteiger partial charge in [-0.1, -0.05) is 26.5 Å². The number of ether oxygens (including phenoxy) is 2. The molecule has 2 aliphatic rings. The molecule has 218 valence electrons. The van der Waals surface area contributed by atoms with E-state index in [9.17, 15) is 9.59 Å². The molecule has 8 bridgehead atoms. The monoisotopic (exact) mass is 566 g/mol. The highest BCUT2D eigenvalue weighted by molar-refractivity contribution is 6.02. The van der Waals surface area contributed by atoms with Gasteiger partial charge in [0.25, 0.3) is 0 Å². The SMILES string of the molecule is C=Cc1c(C)c2cc3nc(cc4[nH]c(cc5nc(cc1[nH]2)C(C)=C5CC)c(C)c4C(=O)OC)[C@@H](CCC(=O)OC)[C@@H]3C. The van der Waals surface area contributed by atoms with Crippen LogP contribution in [0.4, 0.5) is 0 Å². The zero-order valence-electron chi connectivity index (χ0n) is 25.4. The molecule has 0 unspecified atom stereocenters. The number of hydrogen-bond acceptors (Lipinski definition) is 6. The van der Waals surface area contributed by atoms with Crippen LogP contribution in [-0.4, -0.2) is 46.1 Å². The van der Waals surface area contributed by atoms with E-state index in [1.165, 1.54) is 14.2 Å². The Kier molecular flexibility index (Phi) is 7.91. The maximum absolute atomic E-state index is 13.0. The molecule has 2 N–H and O–H groups in total. The minimum absolute atomic E-state index is 0.0239. The van der Waals surface area contributed by atoms with Gasteiger partial charge in [0, 0.05) is 51.8 Å². The number of carbonyl (C=O) groups excluding carboxylic acids is 2. The molecule has 3 aromatic heterocycles. The van der Waals surface area contributed by atoms with Gasteiger partial charge in [-0.2, -0.15) is 0 Å². The van der Waals surface area contributed by atoms with E-state index in [0.717, 1.165) is 73.6 Å². The highest BCUT2D eigenvalue weighted by Gasteiger charge is 2.30. The molecule has 0 aliphatic carbocycles. The molecule has 0 aromatic carbocycles. The Labute approximate surface area is 245 Å². The molecule has 0 radical (unpaired) electrons. The van der Waals surface area contributed by atoms with Gasteiger partial charge in [0.1, 0.15) is 0 Å². The van der Waals surface area contributed by atoms with Crippen molar-refractivity contribution < 1.29 is 19.1 Å².